The summed E-state index contributed by atoms with van der Waals surface area (Å²) < 4.78 is 0. The van der Waals surface area contributed by atoms with Crippen LogP contribution in [-0.4, -0.2) is 15.0 Å². The van der Waals surface area contributed by atoms with Crippen LogP contribution in [0.15, 0.2) is 17.5 Å². The number of hydrogen-bond acceptors (Lipinski definition) is 5. The molecule has 0 amide bonds. The number of nitrogens with zero attached hydrogens (tertiary/aromatic N) is 2. The van der Waals surface area contributed by atoms with Crippen molar-refractivity contribution >= 4 is 34.4 Å². The number of nitrogens with one attached hydrogen (secondary N) is 1. The zero-order chi connectivity index (χ0) is 13.1. The second-order valence-corrected chi connectivity index (χ2v) is 5.37. The fourth-order valence-corrected chi connectivity index (χ4v) is 2.38. The van der Waals surface area contributed by atoms with Crippen molar-refractivity contribution in [2.75, 3.05) is 5.32 Å². The minimum Gasteiger partial charge on any atom is -0.389 e. The summed E-state index contributed by atoms with van der Waals surface area (Å²) >= 11 is 6.61. The Morgan fingerprint density at radius 1 is 1.33 bits per heavy atom. The number of anilines is 1. The predicted octanol–water partition coefficient (Wildman–Crippen LogP) is 2.40. The van der Waals surface area contributed by atoms with Crippen LogP contribution in [0.5, 0.6) is 0 Å². The summed E-state index contributed by atoms with van der Waals surface area (Å²) in [6.07, 6.45) is 0. The lowest BCUT2D eigenvalue weighted by molar-refractivity contribution is 1.05. The number of aryl methyl sites for hydroxylation is 2. The van der Waals surface area contributed by atoms with Crippen molar-refractivity contribution in [1.29, 1.82) is 0 Å². The minimum absolute atomic E-state index is 0.383. The molecule has 2 aromatic rings. The van der Waals surface area contributed by atoms with Crippen molar-refractivity contribution in [3.8, 4) is 0 Å². The van der Waals surface area contributed by atoms with Crippen molar-refractivity contribution in [2.24, 2.45) is 5.73 Å². The van der Waals surface area contributed by atoms with E-state index >= 15 is 0 Å². The number of thiocarbonyl (C=S) groups is 1. The van der Waals surface area contributed by atoms with Gasteiger partial charge >= 0.3 is 0 Å². The molecule has 18 heavy (non-hydrogen) atoms. The normalized spacial score (nSPS) is 10.3. The highest BCUT2D eigenvalue weighted by atomic mass is 32.1. The molecule has 2 rings (SSSR count). The summed E-state index contributed by atoms with van der Waals surface area (Å²) in [5.41, 5.74) is 8.38. The first kappa shape index (κ1) is 12.9. The SMILES string of the molecule is Cc1cc(C(N)=S)cc(NCc2nc(C)cs2)n1. The third-order valence-electron chi connectivity index (χ3n) is 2.33. The molecule has 0 aromatic carbocycles. The van der Waals surface area contributed by atoms with E-state index in [1.807, 2.05) is 31.4 Å². The van der Waals surface area contributed by atoms with Crippen molar-refractivity contribution in [3.63, 3.8) is 0 Å². The molecule has 6 heteroatoms. The maximum Gasteiger partial charge on any atom is 0.127 e. The third kappa shape index (κ3) is 3.24. The lowest BCUT2D eigenvalue weighted by Gasteiger charge is -2.07. The predicted molar refractivity (Wildman–Crippen MR) is 79.0 cm³/mol. The van der Waals surface area contributed by atoms with Crippen molar-refractivity contribution in [2.45, 2.75) is 20.4 Å². The van der Waals surface area contributed by atoms with Gasteiger partial charge in [-0.3, -0.25) is 0 Å². The van der Waals surface area contributed by atoms with Gasteiger partial charge < -0.3 is 11.1 Å². The molecule has 0 saturated heterocycles. The Morgan fingerprint density at radius 3 is 2.72 bits per heavy atom. The molecular weight excluding hydrogens is 264 g/mol. The smallest absolute Gasteiger partial charge is 0.127 e. The van der Waals surface area contributed by atoms with Crippen LogP contribution in [0.2, 0.25) is 0 Å². The van der Waals surface area contributed by atoms with Crippen LogP contribution in [0.4, 0.5) is 5.82 Å². The van der Waals surface area contributed by atoms with Crippen LogP contribution >= 0.6 is 23.6 Å². The van der Waals surface area contributed by atoms with Gasteiger partial charge in [0.05, 0.1) is 6.54 Å². The van der Waals surface area contributed by atoms with Crippen molar-refractivity contribution in [1.82, 2.24) is 9.97 Å². The second-order valence-electron chi connectivity index (χ2n) is 3.98. The van der Waals surface area contributed by atoms with Crippen LogP contribution in [0.1, 0.15) is 22.0 Å². The Balaban J connectivity index is 2.11. The van der Waals surface area contributed by atoms with Gasteiger partial charge in [0, 0.05) is 22.3 Å². The molecule has 0 atom stereocenters. The highest BCUT2D eigenvalue weighted by Crippen LogP contribution is 2.13. The highest BCUT2D eigenvalue weighted by molar-refractivity contribution is 7.80. The maximum atomic E-state index is 5.63. The average Bonchev–Trinajstić information content (AvgIpc) is 2.72. The third-order valence-corrected chi connectivity index (χ3v) is 3.53. The molecule has 0 aliphatic rings. The van der Waals surface area contributed by atoms with Gasteiger partial charge in [0.2, 0.25) is 0 Å². The molecule has 0 unspecified atom stereocenters. The molecule has 3 N–H and O–H groups in total. The van der Waals surface area contributed by atoms with E-state index < -0.39 is 0 Å². The molecule has 0 aliphatic heterocycles. The molecule has 0 radical (unpaired) electrons. The number of aromatic nitrogens is 2. The van der Waals surface area contributed by atoms with Gasteiger partial charge in [0.15, 0.2) is 0 Å². The van der Waals surface area contributed by atoms with Crippen LogP contribution in [0.25, 0.3) is 0 Å². The van der Waals surface area contributed by atoms with Gasteiger partial charge in [-0.25, -0.2) is 9.97 Å². The summed E-state index contributed by atoms with van der Waals surface area (Å²) in [4.78, 5) is 9.16. The van der Waals surface area contributed by atoms with Gasteiger partial charge in [-0.15, -0.1) is 11.3 Å². The van der Waals surface area contributed by atoms with E-state index in [4.69, 9.17) is 18.0 Å². The van der Waals surface area contributed by atoms with E-state index in [0.29, 0.717) is 11.5 Å². The number of nitrogens with two attached hydrogens (primary N) is 1. The first-order valence-corrected chi connectivity index (χ1v) is 6.77. The van der Waals surface area contributed by atoms with Gasteiger partial charge in [-0.2, -0.15) is 0 Å². The number of rotatable bonds is 4. The number of hydrogen-bond donors (Lipinski definition) is 2. The molecule has 0 aliphatic carbocycles. The zero-order valence-electron chi connectivity index (χ0n) is 10.2. The van der Waals surface area contributed by atoms with Crippen molar-refractivity contribution < 1.29 is 0 Å². The molecule has 2 heterocycles. The summed E-state index contributed by atoms with van der Waals surface area (Å²) in [6.45, 7) is 4.56. The fourth-order valence-electron chi connectivity index (χ4n) is 1.55. The lowest BCUT2D eigenvalue weighted by Crippen LogP contribution is -2.11. The Labute approximate surface area is 115 Å². The molecule has 4 nitrogen and oxygen atoms in total. The largest absolute Gasteiger partial charge is 0.389 e. The zero-order valence-corrected chi connectivity index (χ0v) is 11.9. The molecule has 2 aromatic heterocycles. The minimum atomic E-state index is 0.383. The van der Waals surface area contributed by atoms with Gasteiger partial charge in [-0.05, 0) is 26.0 Å². The van der Waals surface area contributed by atoms with Crippen LogP contribution in [0.3, 0.4) is 0 Å². The topological polar surface area (TPSA) is 63.8 Å². The van der Waals surface area contributed by atoms with Crippen LogP contribution < -0.4 is 11.1 Å². The first-order valence-electron chi connectivity index (χ1n) is 5.48. The number of thiazole rings is 1. The Morgan fingerprint density at radius 2 is 2.11 bits per heavy atom. The Kier molecular flexibility index (Phi) is 3.88. The maximum absolute atomic E-state index is 5.63. The molecule has 94 valence electrons. The van der Waals surface area contributed by atoms with E-state index in [1.165, 1.54) is 0 Å². The summed E-state index contributed by atoms with van der Waals surface area (Å²) in [7, 11) is 0. The molecule has 0 spiro atoms. The monoisotopic (exact) mass is 278 g/mol. The molecule has 0 saturated carbocycles. The fraction of sp³-hybridized carbons (Fsp3) is 0.250. The Bertz CT molecular complexity index is 577. The van der Waals surface area contributed by atoms with E-state index in [0.717, 1.165) is 27.8 Å². The van der Waals surface area contributed by atoms with Crippen molar-refractivity contribution in [3.05, 3.63) is 39.5 Å². The van der Waals surface area contributed by atoms with Crippen LogP contribution in [-0.2, 0) is 6.54 Å². The molecule has 0 bridgehead atoms. The quantitative estimate of drug-likeness (QED) is 0.841. The standard InChI is InChI=1S/C12H14N4S2/c1-7-3-9(12(13)17)4-10(15-7)14-5-11-16-8(2)6-18-11/h3-4,6H,5H2,1-2H3,(H2,13,17)(H,14,15). The van der Waals surface area contributed by atoms with Crippen LogP contribution in [0, 0.1) is 13.8 Å². The second kappa shape index (κ2) is 5.41. The summed E-state index contributed by atoms with van der Waals surface area (Å²) in [6, 6.07) is 3.73. The Hall–Kier alpha value is -1.53. The summed E-state index contributed by atoms with van der Waals surface area (Å²) in [5, 5.41) is 6.30. The molecular formula is C12H14N4S2. The van der Waals surface area contributed by atoms with E-state index in [1.54, 1.807) is 11.3 Å². The number of pyridine rings is 1. The van der Waals surface area contributed by atoms with Gasteiger partial charge in [0.1, 0.15) is 15.8 Å². The first-order chi connectivity index (χ1) is 8.54. The summed E-state index contributed by atoms with van der Waals surface area (Å²) in [5.74, 6) is 0.769. The van der Waals surface area contributed by atoms with Gasteiger partial charge in [0.25, 0.3) is 0 Å². The lowest BCUT2D eigenvalue weighted by atomic mass is 10.2. The average molecular weight is 278 g/mol. The van der Waals surface area contributed by atoms with E-state index in [2.05, 4.69) is 15.3 Å². The van der Waals surface area contributed by atoms with Gasteiger partial charge in [-0.1, -0.05) is 12.2 Å². The highest BCUT2D eigenvalue weighted by Gasteiger charge is 2.04. The van der Waals surface area contributed by atoms with E-state index in [9.17, 15) is 0 Å². The molecule has 0 fully saturated rings. The van der Waals surface area contributed by atoms with E-state index in [-0.39, 0.29) is 0 Å².